The lowest BCUT2D eigenvalue weighted by Crippen LogP contribution is -2.50. The summed E-state index contributed by atoms with van der Waals surface area (Å²) in [7, 11) is 0. The van der Waals surface area contributed by atoms with Gasteiger partial charge in [0.2, 0.25) is 0 Å². The number of ether oxygens (including phenoxy) is 2. The number of rotatable bonds is 1. The van der Waals surface area contributed by atoms with Crippen LogP contribution in [-0.2, 0) is 9.47 Å². The molecule has 0 aromatic carbocycles. The standard InChI is InChI=1S/C22H32O3/c1-3-21-12-14(2)20-16-8-9-22(24-10-11-25-22)13-15(16)4-5-17(20)18(21)6-7-19(21)23/h4,16-20,23H,2-3,5-13H2,1H3/t16?,17-,18-,19-,20+,21-/m0/s1/i7T/t7?,16?,17-,18-,19-,20+,21-. The first-order chi connectivity index (χ1) is 12.5. The summed E-state index contributed by atoms with van der Waals surface area (Å²) in [6.07, 6.45) is 8.46. The van der Waals surface area contributed by atoms with Crippen LogP contribution in [-0.4, -0.2) is 30.2 Å². The number of fused-ring (bicyclic) bond motifs is 5. The molecule has 0 amide bonds. The van der Waals surface area contributed by atoms with Crippen LogP contribution >= 0.6 is 0 Å². The fourth-order valence-electron chi connectivity index (χ4n) is 7.14. The van der Waals surface area contributed by atoms with Crippen molar-refractivity contribution < 1.29 is 16.0 Å². The van der Waals surface area contributed by atoms with Gasteiger partial charge in [0.05, 0.1) is 19.3 Å². The first-order valence-electron chi connectivity index (χ1n) is 10.8. The van der Waals surface area contributed by atoms with Crippen LogP contribution in [0.25, 0.3) is 0 Å². The molecule has 2 unspecified atom stereocenters. The van der Waals surface area contributed by atoms with Crippen LogP contribution in [0.5, 0.6) is 0 Å². The van der Waals surface area contributed by atoms with E-state index in [1.807, 2.05) is 0 Å². The van der Waals surface area contributed by atoms with Gasteiger partial charge >= 0.3 is 0 Å². The molecular formula is C22H32O3. The van der Waals surface area contributed by atoms with E-state index in [0.717, 1.165) is 58.2 Å². The third-order valence-corrected chi connectivity index (χ3v) is 8.29. The van der Waals surface area contributed by atoms with Gasteiger partial charge in [0, 0.05) is 19.6 Å². The molecule has 4 aliphatic carbocycles. The average molecular weight is 347 g/mol. The largest absolute Gasteiger partial charge is 0.393 e. The van der Waals surface area contributed by atoms with Crippen LogP contribution in [0.15, 0.2) is 23.8 Å². The molecule has 3 nitrogen and oxygen atoms in total. The minimum Gasteiger partial charge on any atom is -0.393 e. The number of hydrogen-bond donors (Lipinski definition) is 1. The van der Waals surface area contributed by atoms with Crippen molar-refractivity contribution in [3.05, 3.63) is 23.8 Å². The minimum atomic E-state index is -0.490. The molecular weight excluding hydrogens is 312 g/mol. The average Bonchev–Trinajstić information content (AvgIpc) is 3.19. The fourth-order valence-corrected chi connectivity index (χ4v) is 7.14. The first-order valence-corrected chi connectivity index (χ1v) is 10.2. The van der Waals surface area contributed by atoms with Crippen LogP contribution < -0.4 is 0 Å². The van der Waals surface area contributed by atoms with Crippen LogP contribution in [0.4, 0.5) is 0 Å². The Hall–Kier alpha value is -0.640. The molecule has 138 valence electrons. The predicted octanol–water partition coefficient (Wildman–Crippen LogP) is 4.22. The van der Waals surface area contributed by atoms with Crippen molar-refractivity contribution in [2.24, 2.45) is 29.1 Å². The van der Waals surface area contributed by atoms with Gasteiger partial charge in [-0.25, -0.2) is 0 Å². The lowest BCUT2D eigenvalue weighted by molar-refractivity contribution is -0.175. The van der Waals surface area contributed by atoms with Crippen molar-refractivity contribution in [2.45, 2.75) is 70.2 Å². The lowest BCUT2D eigenvalue weighted by atomic mass is 9.50. The van der Waals surface area contributed by atoms with Gasteiger partial charge < -0.3 is 14.6 Å². The molecule has 5 aliphatic rings. The number of hydrogen-bond acceptors (Lipinski definition) is 3. The van der Waals surface area contributed by atoms with E-state index in [0.29, 0.717) is 23.7 Å². The topological polar surface area (TPSA) is 38.7 Å². The van der Waals surface area contributed by atoms with Crippen molar-refractivity contribution in [1.29, 1.82) is 0 Å². The Morgan fingerprint density at radius 3 is 2.88 bits per heavy atom. The smallest absolute Gasteiger partial charge is 0.172 e. The van der Waals surface area contributed by atoms with Crippen LogP contribution in [0.2, 0.25) is 0 Å². The Bertz CT molecular complexity index is 637. The van der Waals surface area contributed by atoms with Crippen molar-refractivity contribution in [3.63, 3.8) is 0 Å². The maximum absolute atomic E-state index is 10.8. The van der Waals surface area contributed by atoms with Crippen molar-refractivity contribution in [3.8, 4) is 0 Å². The van der Waals surface area contributed by atoms with Crippen molar-refractivity contribution >= 4 is 0 Å². The molecule has 0 aromatic rings. The second-order valence-corrected chi connectivity index (χ2v) is 9.08. The molecule has 1 spiro atoms. The van der Waals surface area contributed by atoms with Gasteiger partial charge in [-0.3, -0.25) is 0 Å². The highest BCUT2D eigenvalue weighted by Gasteiger charge is 2.59. The van der Waals surface area contributed by atoms with E-state index in [4.69, 9.17) is 10.8 Å². The second kappa shape index (κ2) is 5.68. The van der Waals surface area contributed by atoms with Gasteiger partial charge in [-0.05, 0) is 62.2 Å². The minimum absolute atomic E-state index is 0.108. The summed E-state index contributed by atoms with van der Waals surface area (Å²) in [4.78, 5) is 0. The van der Waals surface area contributed by atoms with Crippen LogP contribution in [0, 0.1) is 29.1 Å². The molecule has 0 aromatic heterocycles. The maximum atomic E-state index is 10.8. The Kier molecular flexibility index (Phi) is 3.50. The van der Waals surface area contributed by atoms with Gasteiger partial charge in [-0.1, -0.05) is 30.7 Å². The van der Waals surface area contributed by atoms with E-state index in [-0.39, 0.29) is 17.6 Å². The fraction of sp³-hybridized carbons (Fsp3) is 0.818. The van der Waals surface area contributed by atoms with E-state index in [2.05, 4.69) is 19.6 Å². The molecule has 5 rings (SSSR count). The summed E-state index contributed by atoms with van der Waals surface area (Å²) in [6.45, 7) is 8.17. The number of aliphatic hydroxyl groups excluding tert-OH is 1. The molecule has 3 heteroatoms. The summed E-state index contributed by atoms with van der Waals surface area (Å²) >= 11 is 0. The number of aliphatic hydroxyl groups is 1. The molecule has 7 atom stereocenters. The zero-order chi connectivity index (χ0) is 18.1. The lowest BCUT2D eigenvalue weighted by Gasteiger charge is -2.55. The summed E-state index contributed by atoms with van der Waals surface area (Å²) in [5.41, 5.74) is 2.75. The monoisotopic (exact) mass is 346 g/mol. The van der Waals surface area contributed by atoms with Gasteiger partial charge in [0.15, 0.2) is 5.79 Å². The van der Waals surface area contributed by atoms with Crippen molar-refractivity contribution in [2.75, 3.05) is 13.2 Å². The molecule has 1 heterocycles. The molecule has 4 fully saturated rings. The maximum Gasteiger partial charge on any atom is 0.172 e. The van der Waals surface area contributed by atoms with Gasteiger partial charge in [-0.15, -0.1) is 0 Å². The van der Waals surface area contributed by atoms with Crippen LogP contribution in [0.1, 0.15) is 59.6 Å². The summed E-state index contributed by atoms with van der Waals surface area (Å²) in [6, 6.07) is 0. The Morgan fingerprint density at radius 1 is 1.32 bits per heavy atom. The Labute approximate surface area is 152 Å². The molecule has 1 aliphatic heterocycles. The quantitative estimate of drug-likeness (QED) is 0.723. The third-order valence-electron chi connectivity index (χ3n) is 8.29. The predicted molar refractivity (Wildman–Crippen MR) is 96.9 cm³/mol. The SMILES string of the molecule is [3H]C1C[C@H]2[C@@H]3CC=C4CC5(CCC4[C@H]3C(=C)C[C@]2(CC)[C@H]1O)OCCO5. The third kappa shape index (κ3) is 2.22. The Balaban J connectivity index is 1.47. The Morgan fingerprint density at radius 2 is 2.12 bits per heavy atom. The van der Waals surface area contributed by atoms with E-state index in [1.165, 1.54) is 11.1 Å². The zero-order valence-corrected chi connectivity index (χ0v) is 15.4. The zero-order valence-electron chi connectivity index (χ0n) is 16.4. The highest BCUT2D eigenvalue weighted by atomic mass is 16.7. The molecule has 0 radical (unpaired) electrons. The molecule has 0 bridgehead atoms. The highest BCUT2D eigenvalue weighted by molar-refractivity contribution is 5.29. The molecule has 1 saturated heterocycles. The highest BCUT2D eigenvalue weighted by Crippen LogP contribution is 2.64. The van der Waals surface area contributed by atoms with Gasteiger partial charge in [0.25, 0.3) is 0 Å². The van der Waals surface area contributed by atoms with E-state index in [1.54, 1.807) is 0 Å². The summed E-state index contributed by atoms with van der Waals surface area (Å²) in [5, 5.41) is 10.8. The number of allylic oxidation sites excluding steroid dienone is 2. The van der Waals surface area contributed by atoms with E-state index in [9.17, 15) is 5.11 Å². The van der Waals surface area contributed by atoms with E-state index >= 15 is 0 Å². The van der Waals surface area contributed by atoms with Gasteiger partial charge in [0.1, 0.15) is 0 Å². The normalized spacial score (nSPS) is 51.5. The molecule has 1 N–H and O–H groups in total. The second-order valence-electron chi connectivity index (χ2n) is 9.08. The first kappa shape index (κ1) is 15.4. The molecule has 3 saturated carbocycles. The summed E-state index contributed by atoms with van der Waals surface area (Å²) in [5.74, 6) is 1.75. The van der Waals surface area contributed by atoms with Gasteiger partial charge in [-0.2, -0.15) is 0 Å². The van der Waals surface area contributed by atoms with E-state index < -0.39 is 6.10 Å². The van der Waals surface area contributed by atoms with Crippen molar-refractivity contribution in [1.82, 2.24) is 0 Å². The van der Waals surface area contributed by atoms with Crippen LogP contribution in [0.3, 0.4) is 0 Å². The molecule has 25 heavy (non-hydrogen) atoms. The summed E-state index contributed by atoms with van der Waals surface area (Å²) < 4.78 is 20.4.